The smallest absolute Gasteiger partial charge is 0.139 e. The van der Waals surface area contributed by atoms with E-state index in [9.17, 15) is 9.90 Å². The molecule has 0 aliphatic carbocycles. The van der Waals surface area contributed by atoms with Gasteiger partial charge in [-0.25, -0.2) is 0 Å². The van der Waals surface area contributed by atoms with Crippen LogP contribution in [0.2, 0.25) is 0 Å². The summed E-state index contributed by atoms with van der Waals surface area (Å²) in [4.78, 5) is 10.7. The normalized spacial score (nSPS) is 19.8. The predicted octanol–water partition coefficient (Wildman–Crippen LogP) is 2.97. The number of aldehydes is 1. The zero-order valence-corrected chi connectivity index (χ0v) is 13.2. The molecule has 0 aromatic carbocycles. The molecule has 0 heterocycles. The number of carbonyl (C=O) groups excluding carboxylic acids is 1. The molecule has 0 aromatic heterocycles. The minimum Gasteiger partial charge on any atom is -0.391 e. The monoisotopic (exact) mass is 367 g/mol. The molecule has 0 fully saturated rings. The van der Waals surface area contributed by atoms with E-state index in [0.29, 0.717) is 0 Å². The van der Waals surface area contributed by atoms with Crippen molar-refractivity contribution in [3.63, 3.8) is 0 Å². The highest BCUT2D eigenvalue weighted by Crippen LogP contribution is 2.78. The van der Waals surface area contributed by atoms with Crippen molar-refractivity contribution in [2.24, 2.45) is 0 Å². The van der Waals surface area contributed by atoms with Crippen LogP contribution in [0.25, 0.3) is 0 Å². The predicted molar refractivity (Wildman–Crippen MR) is 76.6 cm³/mol. The summed E-state index contributed by atoms with van der Waals surface area (Å²) in [5.74, 6) is 0. The van der Waals surface area contributed by atoms with Crippen LogP contribution in [-0.4, -0.2) is 36.0 Å². The molecule has 0 spiro atoms. The summed E-state index contributed by atoms with van der Waals surface area (Å²) in [6, 6.07) is -0.409. The second-order valence-corrected chi connectivity index (χ2v) is 18.0. The number of nitrogens with one attached hydrogen (secondary N) is 1. The van der Waals surface area contributed by atoms with Crippen LogP contribution in [0, 0.1) is 0 Å². The molecule has 14 heavy (non-hydrogen) atoms. The summed E-state index contributed by atoms with van der Waals surface area (Å²) >= 11 is 4.28. The first-order valence-electron chi connectivity index (χ1n) is 4.23. The molecule has 2 unspecified atom stereocenters. The van der Waals surface area contributed by atoms with Gasteiger partial charge in [-0.1, -0.05) is 6.92 Å². The molecule has 0 amide bonds. The van der Waals surface area contributed by atoms with Crippen molar-refractivity contribution in [1.29, 1.82) is 0 Å². The third-order valence-electron chi connectivity index (χ3n) is 1.60. The lowest BCUT2D eigenvalue weighted by Gasteiger charge is -2.25. The fourth-order valence-corrected chi connectivity index (χ4v) is 11.1. The zero-order chi connectivity index (χ0) is 11.1. The first-order valence-corrected chi connectivity index (χ1v) is 12.4. The molecule has 0 saturated heterocycles. The van der Waals surface area contributed by atoms with Gasteiger partial charge < -0.3 is 9.90 Å². The fourth-order valence-electron chi connectivity index (χ4n) is 0.771. The molecular formula is C7H16INO2P2S. The van der Waals surface area contributed by atoms with Gasteiger partial charge in [0, 0.05) is 7.76 Å². The summed E-state index contributed by atoms with van der Waals surface area (Å²) in [7, 11) is -0.324. The average molecular weight is 367 g/mol. The van der Waals surface area contributed by atoms with Crippen LogP contribution in [0.5, 0.6) is 0 Å². The van der Waals surface area contributed by atoms with Crippen molar-refractivity contribution >= 4 is 51.9 Å². The standard InChI is InChI=1S/C7H16INO2P2S/c1-4-12(13(8)14-3)9-7(5-10)6(2)11/h5-7,9,11H,4H2,1-3H3/t6-,7-,12?,13?/m1/s1. The number of rotatable bonds is 7. The number of hydrogen-bond donors (Lipinski definition) is 2. The van der Waals surface area contributed by atoms with Gasteiger partial charge in [0.15, 0.2) is 0 Å². The van der Waals surface area contributed by atoms with Gasteiger partial charge in [0.25, 0.3) is 0 Å². The van der Waals surface area contributed by atoms with E-state index in [4.69, 9.17) is 0 Å². The first-order chi connectivity index (χ1) is 6.56. The topological polar surface area (TPSA) is 49.3 Å². The van der Waals surface area contributed by atoms with E-state index in [2.05, 4.69) is 40.3 Å². The van der Waals surface area contributed by atoms with E-state index in [0.717, 1.165) is 12.4 Å². The van der Waals surface area contributed by atoms with Crippen molar-refractivity contribution < 1.29 is 9.90 Å². The highest BCUT2D eigenvalue weighted by atomic mass is 127. The summed E-state index contributed by atoms with van der Waals surface area (Å²) in [6.07, 6.45) is 3.33. The van der Waals surface area contributed by atoms with Gasteiger partial charge in [0.1, 0.15) is 6.29 Å². The largest absolute Gasteiger partial charge is 0.391 e. The average Bonchev–Trinajstić information content (AvgIpc) is 2.18. The second-order valence-electron chi connectivity index (χ2n) is 2.66. The highest BCUT2D eigenvalue weighted by Gasteiger charge is 2.22. The van der Waals surface area contributed by atoms with Crippen LogP contribution in [0.1, 0.15) is 13.8 Å². The van der Waals surface area contributed by atoms with Gasteiger partial charge >= 0.3 is 0 Å². The maximum Gasteiger partial charge on any atom is 0.139 e. The van der Waals surface area contributed by atoms with Gasteiger partial charge in [0.05, 0.1) is 16.6 Å². The van der Waals surface area contributed by atoms with Gasteiger partial charge in [-0.3, -0.25) is 5.09 Å². The lowest BCUT2D eigenvalue weighted by Crippen LogP contribution is -2.36. The van der Waals surface area contributed by atoms with E-state index in [1.807, 2.05) is 11.4 Å². The van der Waals surface area contributed by atoms with Gasteiger partial charge in [-0.2, -0.15) is 0 Å². The molecule has 0 radical (unpaired) electrons. The molecule has 4 atom stereocenters. The van der Waals surface area contributed by atoms with E-state index >= 15 is 0 Å². The Morgan fingerprint density at radius 1 is 1.71 bits per heavy atom. The minimum atomic E-state index is -0.606. The Morgan fingerprint density at radius 3 is 2.57 bits per heavy atom. The minimum absolute atomic E-state index is 0.135. The Hall–Kier alpha value is 1.53. The Kier molecular flexibility index (Phi) is 9.60. The van der Waals surface area contributed by atoms with Gasteiger partial charge in [-0.05, 0) is 41.4 Å². The summed E-state index contributed by atoms with van der Waals surface area (Å²) in [5.41, 5.74) is 0. The number of aliphatic hydroxyl groups is 1. The lowest BCUT2D eigenvalue weighted by atomic mass is 10.2. The van der Waals surface area contributed by atoms with E-state index in [1.54, 1.807) is 6.92 Å². The van der Waals surface area contributed by atoms with Gasteiger partial charge in [0.2, 0.25) is 0 Å². The Morgan fingerprint density at radius 2 is 2.29 bits per heavy atom. The van der Waals surface area contributed by atoms with Crippen molar-refractivity contribution in [2.75, 3.05) is 12.4 Å². The molecule has 7 heteroatoms. The van der Waals surface area contributed by atoms with Crippen LogP contribution < -0.4 is 5.09 Å². The molecule has 0 aliphatic rings. The summed E-state index contributed by atoms with van der Waals surface area (Å²) < 4.78 is -0.135. The maximum atomic E-state index is 10.7. The summed E-state index contributed by atoms with van der Waals surface area (Å²) in [6.45, 7) is 3.76. The summed E-state index contributed by atoms with van der Waals surface area (Å²) in [5, 5.41) is 12.6. The van der Waals surface area contributed by atoms with Crippen molar-refractivity contribution in [3.8, 4) is 0 Å². The van der Waals surface area contributed by atoms with Crippen LogP contribution in [-0.2, 0) is 4.79 Å². The maximum absolute atomic E-state index is 10.7. The molecule has 0 aromatic rings. The van der Waals surface area contributed by atoms with Crippen molar-refractivity contribution in [2.45, 2.75) is 26.0 Å². The van der Waals surface area contributed by atoms with Crippen LogP contribution >= 0.6 is 45.6 Å². The number of hydrogen-bond acceptors (Lipinski definition) is 4. The molecule has 0 saturated carbocycles. The van der Waals surface area contributed by atoms with Crippen LogP contribution in [0.15, 0.2) is 0 Å². The Balaban J connectivity index is 4.20. The fraction of sp³-hybridized carbons (Fsp3) is 0.857. The molecule has 0 bridgehead atoms. The molecule has 84 valence electrons. The number of aliphatic hydroxyl groups excluding tert-OH is 1. The lowest BCUT2D eigenvalue weighted by molar-refractivity contribution is -0.111. The molecule has 3 nitrogen and oxygen atoms in total. The molecule has 0 aliphatic heterocycles. The van der Waals surface area contributed by atoms with Crippen molar-refractivity contribution in [1.82, 2.24) is 5.09 Å². The zero-order valence-electron chi connectivity index (χ0n) is 8.48. The first kappa shape index (κ1) is 15.5. The van der Waals surface area contributed by atoms with E-state index < -0.39 is 12.1 Å². The van der Waals surface area contributed by atoms with E-state index in [1.165, 1.54) is 0 Å². The second kappa shape index (κ2) is 8.66. The van der Waals surface area contributed by atoms with Crippen LogP contribution in [0.4, 0.5) is 0 Å². The molecular weight excluding hydrogens is 351 g/mol. The third-order valence-corrected chi connectivity index (χ3v) is 18.2. The van der Waals surface area contributed by atoms with E-state index in [-0.39, 0.29) is 12.2 Å². The highest BCUT2D eigenvalue weighted by molar-refractivity contribution is 14.2. The molecule has 2 N–H and O–H groups in total. The SMILES string of the molecule is CCP(N[C@H](C=O)[C@@H](C)O)P(I)SC. The number of halogens is 1. The number of carbonyl (C=O) groups is 1. The quantitative estimate of drug-likeness (QED) is 0.413. The van der Waals surface area contributed by atoms with Crippen LogP contribution in [0.3, 0.4) is 0 Å². The van der Waals surface area contributed by atoms with Gasteiger partial charge in [-0.15, -0.1) is 11.4 Å². The van der Waals surface area contributed by atoms with Crippen molar-refractivity contribution in [3.05, 3.63) is 0 Å². The third kappa shape index (κ3) is 5.57. The molecule has 0 rings (SSSR count). The Bertz CT molecular complexity index is 176. The Labute approximate surface area is 105 Å².